The Morgan fingerprint density at radius 3 is 2.53 bits per heavy atom. The molecule has 7 nitrogen and oxygen atoms in total. The molecular weight excluding hydrogens is 264 g/mol. The van der Waals surface area contributed by atoms with Gasteiger partial charge in [0.1, 0.15) is 5.01 Å². The highest BCUT2D eigenvalue weighted by Gasteiger charge is 2.13. The Labute approximate surface area is 101 Å². The van der Waals surface area contributed by atoms with Gasteiger partial charge in [-0.25, -0.2) is 0 Å². The Bertz CT molecular complexity index is 620. The number of nitrogen functional groups attached to an aromatic ring is 1. The molecule has 0 aliphatic carbocycles. The first-order chi connectivity index (χ1) is 7.94. The third-order valence-corrected chi connectivity index (χ3v) is 3.29. The molecule has 90 valence electrons. The van der Waals surface area contributed by atoms with E-state index in [4.69, 9.17) is 10.3 Å². The number of aromatic nitrogens is 3. The first-order valence-corrected chi connectivity index (χ1v) is 6.86. The lowest BCUT2D eigenvalue weighted by molar-refractivity contribution is -0.678. The van der Waals surface area contributed by atoms with Gasteiger partial charge in [-0.3, -0.25) is 4.55 Å². The minimum atomic E-state index is -4.03. The minimum Gasteiger partial charge on any atom is -0.367 e. The quantitative estimate of drug-likeness (QED) is 0.598. The first kappa shape index (κ1) is 11.9. The van der Waals surface area contributed by atoms with E-state index < -0.39 is 16.0 Å². The van der Waals surface area contributed by atoms with E-state index in [2.05, 4.69) is 9.36 Å². The van der Waals surface area contributed by atoms with E-state index >= 15 is 0 Å². The van der Waals surface area contributed by atoms with Crippen molar-refractivity contribution in [1.82, 2.24) is 9.36 Å². The zero-order valence-electron chi connectivity index (χ0n) is 8.52. The van der Waals surface area contributed by atoms with Crippen LogP contribution in [0.4, 0.5) is 5.95 Å². The highest BCUT2D eigenvalue weighted by atomic mass is 32.2. The van der Waals surface area contributed by atoms with Gasteiger partial charge in [0.15, 0.2) is 12.4 Å². The van der Waals surface area contributed by atoms with E-state index in [1.807, 2.05) is 0 Å². The molecule has 2 rings (SSSR count). The SMILES string of the molecule is Nc1nsc(-c2cc[n+](CS(=O)(=O)O)cc2)n1. The lowest BCUT2D eigenvalue weighted by Crippen LogP contribution is -2.36. The molecule has 17 heavy (non-hydrogen) atoms. The molecule has 2 aromatic rings. The monoisotopic (exact) mass is 273 g/mol. The molecule has 0 amide bonds. The predicted octanol–water partition coefficient (Wildman–Crippen LogP) is -0.0799. The second-order valence-corrected chi connectivity index (χ2v) is 5.44. The van der Waals surface area contributed by atoms with Gasteiger partial charge in [-0.05, 0) is 11.5 Å². The van der Waals surface area contributed by atoms with Crippen molar-refractivity contribution in [1.29, 1.82) is 0 Å². The summed E-state index contributed by atoms with van der Waals surface area (Å²) in [6.45, 7) is 0. The summed E-state index contributed by atoms with van der Waals surface area (Å²) in [4.78, 5) is 3.99. The van der Waals surface area contributed by atoms with Crippen molar-refractivity contribution in [3.8, 4) is 10.6 Å². The smallest absolute Gasteiger partial charge is 0.326 e. The minimum absolute atomic E-state index is 0.208. The van der Waals surface area contributed by atoms with Crippen molar-refractivity contribution in [3.05, 3.63) is 24.5 Å². The topological polar surface area (TPSA) is 110 Å². The van der Waals surface area contributed by atoms with Gasteiger partial charge in [-0.2, -0.15) is 22.3 Å². The zero-order valence-corrected chi connectivity index (χ0v) is 10.1. The number of anilines is 1. The van der Waals surface area contributed by atoms with Gasteiger partial charge < -0.3 is 5.73 Å². The molecular formula is C8H9N4O3S2+. The van der Waals surface area contributed by atoms with Crippen molar-refractivity contribution >= 4 is 27.6 Å². The van der Waals surface area contributed by atoms with E-state index in [9.17, 15) is 8.42 Å². The van der Waals surface area contributed by atoms with E-state index in [1.165, 1.54) is 17.0 Å². The summed E-state index contributed by atoms with van der Waals surface area (Å²) >= 11 is 1.16. The molecule has 0 unspecified atom stereocenters. The molecule has 3 N–H and O–H groups in total. The average molecular weight is 273 g/mol. The standard InChI is InChI=1S/C8H8N4O3S2/c9-8-10-7(16-11-8)6-1-3-12(4-2-6)5-17(13,14)15/h1-4H,5H2,(H2-,9,11,13,14,15)/p+1. The highest BCUT2D eigenvalue weighted by Crippen LogP contribution is 2.20. The van der Waals surface area contributed by atoms with Crippen molar-refractivity contribution < 1.29 is 17.5 Å². The van der Waals surface area contributed by atoms with Crippen molar-refractivity contribution in [2.45, 2.75) is 5.88 Å². The molecule has 0 atom stereocenters. The maximum atomic E-state index is 10.7. The largest absolute Gasteiger partial charge is 0.367 e. The van der Waals surface area contributed by atoms with Crippen molar-refractivity contribution in [2.75, 3.05) is 5.73 Å². The maximum Gasteiger partial charge on any atom is 0.326 e. The van der Waals surface area contributed by atoms with Gasteiger partial charge in [0.05, 0.1) is 0 Å². The molecule has 0 bridgehead atoms. The molecule has 0 aliphatic rings. The number of hydrogen-bond acceptors (Lipinski definition) is 6. The van der Waals surface area contributed by atoms with Gasteiger partial charge in [0, 0.05) is 17.7 Å². The summed E-state index contributed by atoms with van der Waals surface area (Å²) < 4.78 is 35.2. The van der Waals surface area contributed by atoms with E-state index in [-0.39, 0.29) is 5.95 Å². The second-order valence-electron chi connectivity index (χ2n) is 3.27. The van der Waals surface area contributed by atoms with Crippen LogP contribution in [0.2, 0.25) is 0 Å². The van der Waals surface area contributed by atoms with Crippen LogP contribution < -0.4 is 10.3 Å². The van der Waals surface area contributed by atoms with Crippen LogP contribution in [0.25, 0.3) is 10.6 Å². The molecule has 0 saturated heterocycles. The lowest BCUT2D eigenvalue weighted by atomic mass is 10.3. The van der Waals surface area contributed by atoms with Crippen molar-refractivity contribution in [2.24, 2.45) is 0 Å². The Hall–Kier alpha value is -1.58. The average Bonchev–Trinajstić information content (AvgIpc) is 2.63. The Kier molecular flexibility index (Phi) is 3.05. The fraction of sp³-hybridized carbons (Fsp3) is 0.125. The van der Waals surface area contributed by atoms with Gasteiger partial charge in [-0.1, -0.05) is 0 Å². The maximum absolute atomic E-state index is 10.7. The summed E-state index contributed by atoms with van der Waals surface area (Å²) in [5, 5.41) is 0.654. The van der Waals surface area contributed by atoms with E-state index in [1.54, 1.807) is 12.1 Å². The van der Waals surface area contributed by atoms with Gasteiger partial charge in [-0.15, -0.1) is 0 Å². The number of rotatable bonds is 3. The summed E-state index contributed by atoms with van der Waals surface area (Å²) in [7, 11) is -4.03. The molecule has 0 aromatic carbocycles. The Balaban J connectivity index is 2.24. The molecule has 0 spiro atoms. The van der Waals surface area contributed by atoms with Crippen LogP contribution in [-0.2, 0) is 16.0 Å². The summed E-state index contributed by atoms with van der Waals surface area (Å²) in [5.41, 5.74) is 6.18. The Morgan fingerprint density at radius 2 is 2.06 bits per heavy atom. The van der Waals surface area contributed by atoms with Crippen LogP contribution in [-0.4, -0.2) is 22.3 Å². The highest BCUT2D eigenvalue weighted by molar-refractivity contribution is 7.84. The van der Waals surface area contributed by atoms with Gasteiger partial charge >= 0.3 is 10.1 Å². The second kappa shape index (κ2) is 4.35. The third kappa shape index (κ3) is 3.19. The molecule has 0 aliphatic heterocycles. The number of pyridine rings is 1. The predicted molar refractivity (Wildman–Crippen MR) is 61.5 cm³/mol. The molecule has 0 radical (unpaired) electrons. The zero-order chi connectivity index (χ0) is 12.5. The van der Waals surface area contributed by atoms with Crippen LogP contribution >= 0.6 is 11.5 Å². The van der Waals surface area contributed by atoms with E-state index in [0.29, 0.717) is 5.01 Å². The van der Waals surface area contributed by atoms with E-state index in [0.717, 1.165) is 17.1 Å². The summed E-state index contributed by atoms with van der Waals surface area (Å²) in [5.74, 6) is -0.273. The normalized spacial score (nSPS) is 11.6. The molecule has 0 saturated carbocycles. The lowest BCUT2D eigenvalue weighted by Gasteiger charge is -1.95. The van der Waals surface area contributed by atoms with Crippen LogP contribution in [0.1, 0.15) is 0 Å². The van der Waals surface area contributed by atoms with Crippen LogP contribution in [0, 0.1) is 0 Å². The fourth-order valence-electron chi connectivity index (χ4n) is 1.23. The van der Waals surface area contributed by atoms with Gasteiger partial charge in [0.25, 0.3) is 5.88 Å². The third-order valence-electron chi connectivity index (χ3n) is 1.89. The van der Waals surface area contributed by atoms with Crippen LogP contribution in [0.15, 0.2) is 24.5 Å². The molecule has 0 fully saturated rings. The number of nitrogens with zero attached hydrogens (tertiary/aromatic N) is 3. The molecule has 2 aromatic heterocycles. The van der Waals surface area contributed by atoms with Crippen LogP contribution in [0.5, 0.6) is 0 Å². The van der Waals surface area contributed by atoms with Crippen LogP contribution in [0.3, 0.4) is 0 Å². The summed E-state index contributed by atoms with van der Waals surface area (Å²) in [6.07, 6.45) is 3.06. The Morgan fingerprint density at radius 1 is 1.41 bits per heavy atom. The molecule has 2 heterocycles. The number of hydrogen-bond donors (Lipinski definition) is 2. The first-order valence-electron chi connectivity index (χ1n) is 4.48. The fourth-order valence-corrected chi connectivity index (χ4v) is 2.37. The van der Waals surface area contributed by atoms with Gasteiger partial charge in [0.2, 0.25) is 5.95 Å². The van der Waals surface area contributed by atoms with Crippen molar-refractivity contribution in [3.63, 3.8) is 0 Å². The number of nitrogens with two attached hydrogens (primary N) is 1. The summed E-state index contributed by atoms with van der Waals surface area (Å²) in [6, 6.07) is 3.34. The molecule has 9 heteroatoms.